The van der Waals surface area contributed by atoms with Crippen LogP contribution in [0.15, 0.2) is 18.2 Å². The Morgan fingerprint density at radius 1 is 1.28 bits per heavy atom. The van der Waals surface area contributed by atoms with E-state index in [1.807, 2.05) is 18.2 Å². The molecule has 0 bridgehead atoms. The minimum Gasteiger partial charge on any atom is -0.368 e. The third-order valence-corrected chi connectivity index (χ3v) is 4.10. The number of nitrogens with zero attached hydrogens (tertiary/aromatic N) is 1. The number of hydrogen-bond donors (Lipinski definition) is 1. The van der Waals surface area contributed by atoms with Gasteiger partial charge in [-0.2, -0.15) is 0 Å². The molecular formula is C14H20Cl2N2. The molecule has 0 radical (unpaired) electrons. The zero-order valence-corrected chi connectivity index (χ0v) is 12.4. The minimum absolute atomic E-state index is 0.486. The highest BCUT2D eigenvalue weighted by molar-refractivity contribution is 6.39. The lowest BCUT2D eigenvalue weighted by Gasteiger charge is -2.29. The van der Waals surface area contributed by atoms with Crippen LogP contribution in [0.5, 0.6) is 0 Å². The summed E-state index contributed by atoms with van der Waals surface area (Å²) >= 11 is 12.6. The van der Waals surface area contributed by atoms with Crippen molar-refractivity contribution in [3.63, 3.8) is 0 Å². The highest BCUT2D eigenvalue weighted by Crippen LogP contribution is 2.34. The summed E-state index contributed by atoms with van der Waals surface area (Å²) in [5.41, 5.74) is 0.982. The first-order chi connectivity index (χ1) is 8.59. The smallest absolute Gasteiger partial charge is 0.0745 e. The largest absolute Gasteiger partial charge is 0.368 e. The van der Waals surface area contributed by atoms with Crippen LogP contribution in [0.4, 0.5) is 5.69 Å². The van der Waals surface area contributed by atoms with Gasteiger partial charge < -0.3 is 10.2 Å². The number of anilines is 1. The SMILES string of the molecule is CC(C)C1CN(c2c(Cl)cccc2Cl)CCCN1. The van der Waals surface area contributed by atoms with Crippen LogP contribution in [0.2, 0.25) is 10.0 Å². The fourth-order valence-corrected chi connectivity index (χ4v) is 3.03. The van der Waals surface area contributed by atoms with E-state index in [1.165, 1.54) is 0 Å². The quantitative estimate of drug-likeness (QED) is 0.889. The number of hydrogen-bond acceptors (Lipinski definition) is 2. The van der Waals surface area contributed by atoms with Crippen LogP contribution in [-0.4, -0.2) is 25.7 Å². The van der Waals surface area contributed by atoms with Crippen molar-refractivity contribution < 1.29 is 0 Å². The maximum atomic E-state index is 6.30. The molecule has 0 aliphatic carbocycles. The Morgan fingerprint density at radius 3 is 2.56 bits per heavy atom. The molecule has 2 rings (SSSR count). The second-order valence-corrected chi connectivity index (χ2v) is 5.99. The van der Waals surface area contributed by atoms with Gasteiger partial charge >= 0.3 is 0 Å². The van der Waals surface area contributed by atoms with Crippen molar-refractivity contribution in [3.05, 3.63) is 28.2 Å². The summed E-state index contributed by atoms with van der Waals surface area (Å²) in [4.78, 5) is 2.31. The van der Waals surface area contributed by atoms with E-state index in [0.29, 0.717) is 12.0 Å². The molecule has 1 atom stereocenters. The van der Waals surface area contributed by atoms with E-state index in [2.05, 4.69) is 24.1 Å². The number of para-hydroxylation sites is 1. The Balaban J connectivity index is 2.25. The van der Waals surface area contributed by atoms with E-state index in [0.717, 1.165) is 41.8 Å². The molecule has 0 spiro atoms. The summed E-state index contributed by atoms with van der Waals surface area (Å²) in [7, 11) is 0. The molecule has 1 N–H and O–H groups in total. The van der Waals surface area contributed by atoms with Crippen LogP contribution in [0.1, 0.15) is 20.3 Å². The molecule has 4 heteroatoms. The molecule has 0 amide bonds. The van der Waals surface area contributed by atoms with E-state index in [-0.39, 0.29) is 0 Å². The van der Waals surface area contributed by atoms with Crippen LogP contribution in [-0.2, 0) is 0 Å². The van der Waals surface area contributed by atoms with Crippen molar-refractivity contribution in [3.8, 4) is 0 Å². The third kappa shape index (κ3) is 3.11. The maximum absolute atomic E-state index is 6.30. The summed E-state index contributed by atoms with van der Waals surface area (Å²) in [6.07, 6.45) is 1.12. The van der Waals surface area contributed by atoms with E-state index in [9.17, 15) is 0 Å². The summed E-state index contributed by atoms with van der Waals surface area (Å²) < 4.78 is 0. The monoisotopic (exact) mass is 286 g/mol. The lowest BCUT2D eigenvalue weighted by atomic mass is 10.0. The van der Waals surface area contributed by atoms with Crippen LogP contribution < -0.4 is 10.2 Å². The van der Waals surface area contributed by atoms with E-state index in [4.69, 9.17) is 23.2 Å². The molecular weight excluding hydrogens is 267 g/mol. The minimum atomic E-state index is 0.486. The molecule has 1 unspecified atom stereocenters. The van der Waals surface area contributed by atoms with E-state index in [1.54, 1.807) is 0 Å². The fraction of sp³-hybridized carbons (Fsp3) is 0.571. The van der Waals surface area contributed by atoms with Crippen molar-refractivity contribution in [1.29, 1.82) is 0 Å². The first kappa shape index (κ1) is 14.0. The van der Waals surface area contributed by atoms with Gasteiger partial charge in [-0.25, -0.2) is 0 Å². The van der Waals surface area contributed by atoms with Crippen molar-refractivity contribution in [1.82, 2.24) is 5.32 Å². The van der Waals surface area contributed by atoms with Crippen molar-refractivity contribution in [2.45, 2.75) is 26.3 Å². The molecule has 1 fully saturated rings. The van der Waals surface area contributed by atoms with Gasteiger partial charge in [0.05, 0.1) is 15.7 Å². The first-order valence-corrected chi connectivity index (χ1v) is 7.27. The third-order valence-electron chi connectivity index (χ3n) is 3.49. The molecule has 1 aliphatic heterocycles. The van der Waals surface area contributed by atoms with Gasteiger partial charge in [0.25, 0.3) is 0 Å². The van der Waals surface area contributed by atoms with E-state index < -0.39 is 0 Å². The van der Waals surface area contributed by atoms with Gasteiger partial charge in [0.2, 0.25) is 0 Å². The summed E-state index contributed by atoms with van der Waals surface area (Å²) in [5.74, 6) is 0.604. The molecule has 1 saturated heterocycles. The number of rotatable bonds is 2. The predicted octanol–water partition coefficient (Wildman–Crippen LogP) is 3.82. The second-order valence-electron chi connectivity index (χ2n) is 5.17. The lowest BCUT2D eigenvalue weighted by molar-refractivity contribution is 0.420. The highest BCUT2D eigenvalue weighted by Gasteiger charge is 2.23. The molecule has 100 valence electrons. The Labute approximate surface area is 119 Å². The topological polar surface area (TPSA) is 15.3 Å². The van der Waals surface area contributed by atoms with Crippen molar-refractivity contribution in [2.75, 3.05) is 24.5 Å². The summed E-state index contributed by atoms with van der Waals surface area (Å²) in [5, 5.41) is 5.08. The van der Waals surface area contributed by atoms with Crippen LogP contribution in [0, 0.1) is 5.92 Å². The number of halogens is 2. The number of nitrogens with one attached hydrogen (secondary N) is 1. The zero-order valence-electron chi connectivity index (χ0n) is 10.9. The average Bonchev–Trinajstić information content (AvgIpc) is 2.54. The predicted molar refractivity (Wildman–Crippen MR) is 79.9 cm³/mol. The average molecular weight is 287 g/mol. The Bertz CT molecular complexity index is 387. The first-order valence-electron chi connectivity index (χ1n) is 6.52. The van der Waals surface area contributed by atoms with Gasteiger partial charge in [-0.1, -0.05) is 43.1 Å². The Morgan fingerprint density at radius 2 is 1.94 bits per heavy atom. The van der Waals surface area contributed by atoms with Gasteiger partial charge in [0.1, 0.15) is 0 Å². The zero-order chi connectivity index (χ0) is 13.1. The molecule has 1 aromatic rings. The fourth-order valence-electron chi connectivity index (χ4n) is 2.39. The van der Waals surface area contributed by atoms with Crippen molar-refractivity contribution in [2.24, 2.45) is 5.92 Å². The summed E-state index contributed by atoms with van der Waals surface area (Å²) in [6, 6.07) is 6.20. The molecule has 1 aliphatic rings. The Kier molecular flexibility index (Phi) is 4.77. The molecule has 18 heavy (non-hydrogen) atoms. The molecule has 2 nitrogen and oxygen atoms in total. The van der Waals surface area contributed by atoms with Crippen LogP contribution >= 0.6 is 23.2 Å². The van der Waals surface area contributed by atoms with Crippen LogP contribution in [0.3, 0.4) is 0 Å². The lowest BCUT2D eigenvalue weighted by Crippen LogP contribution is -2.41. The standard InChI is InChI=1S/C14H20Cl2N2/c1-10(2)13-9-18(8-4-7-17-13)14-11(15)5-3-6-12(14)16/h3,5-6,10,13,17H,4,7-9H2,1-2H3. The van der Waals surface area contributed by atoms with Gasteiger partial charge in [-0.05, 0) is 31.0 Å². The molecule has 1 heterocycles. The van der Waals surface area contributed by atoms with Crippen molar-refractivity contribution >= 4 is 28.9 Å². The summed E-state index contributed by atoms with van der Waals surface area (Å²) in [6.45, 7) is 7.51. The van der Waals surface area contributed by atoms with Gasteiger partial charge in [0, 0.05) is 19.1 Å². The molecule has 0 saturated carbocycles. The van der Waals surface area contributed by atoms with Gasteiger partial charge in [-0.15, -0.1) is 0 Å². The highest BCUT2D eigenvalue weighted by atomic mass is 35.5. The normalized spacial score (nSPS) is 21.2. The second kappa shape index (κ2) is 6.14. The molecule has 1 aromatic carbocycles. The maximum Gasteiger partial charge on any atom is 0.0745 e. The number of benzene rings is 1. The van der Waals surface area contributed by atoms with Crippen LogP contribution in [0.25, 0.3) is 0 Å². The van der Waals surface area contributed by atoms with Gasteiger partial charge in [0.15, 0.2) is 0 Å². The van der Waals surface area contributed by atoms with E-state index >= 15 is 0 Å². The van der Waals surface area contributed by atoms with Gasteiger partial charge in [-0.3, -0.25) is 0 Å². The Hall–Kier alpha value is -0.440. The molecule has 0 aromatic heterocycles.